The van der Waals surface area contributed by atoms with E-state index >= 15 is 0 Å². The lowest BCUT2D eigenvalue weighted by atomic mass is 10.1. The van der Waals surface area contributed by atoms with E-state index in [1.165, 1.54) is 5.56 Å². The first kappa shape index (κ1) is 17.8. The number of carbonyl (C=O) groups is 1. The van der Waals surface area contributed by atoms with E-state index < -0.39 is 0 Å². The second-order valence-corrected chi connectivity index (χ2v) is 6.54. The van der Waals surface area contributed by atoms with Crippen LogP contribution in [0.4, 0.5) is 10.5 Å². The number of benzene rings is 1. The van der Waals surface area contributed by atoms with E-state index in [1.807, 2.05) is 31.2 Å². The Morgan fingerprint density at radius 3 is 2.35 bits per heavy atom. The third kappa shape index (κ3) is 6.20. The largest absolute Gasteiger partial charge is 0.338 e. The maximum absolute atomic E-state index is 11.9. The van der Waals surface area contributed by atoms with Gasteiger partial charge in [-0.1, -0.05) is 31.5 Å². The molecule has 2 amide bonds. The van der Waals surface area contributed by atoms with Crippen molar-refractivity contribution >= 4 is 11.7 Å². The zero-order valence-corrected chi connectivity index (χ0v) is 14.6. The number of amides is 2. The second kappa shape index (κ2) is 8.89. The van der Waals surface area contributed by atoms with Gasteiger partial charge in [0.2, 0.25) is 0 Å². The molecule has 2 rings (SSSR count). The molecular weight excluding hydrogens is 288 g/mol. The molecule has 23 heavy (non-hydrogen) atoms. The number of carbonyl (C=O) groups excluding carboxylic acids is 1. The number of hydrogen-bond donors (Lipinski definition) is 2. The van der Waals surface area contributed by atoms with Gasteiger partial charge in [0.05, 0.1) is 0 Å². The number of anilines is 1. The topological polar surface area (TPSA) is 47.6 Å². The zero-order valence-electron chi connectivity index (χ0n) is 14.6. The van der Waals surface area contributed by atoms with Gasteiger partial charge in [0.25, 0.3) is 0 Å². The van der Waals surface area contributed by atoms with E-state index in [0.29, 0.717) is 12.5 Å². The predicted molar refractivity (Wildman–Crippen MR) is 95.9 cm³/mol. The monoisotopic (exact) mass is 318 g/mol. The van der Waals surface area contributed by atoms with E-state index in [2.05, 4.69) is 34.3 Å². The average Bonchev–Trinajstić information content (AvgIpc) is 2.56. The first-order valence-corrected chi connectivity index (χ1v) is 8.63. The van der Waals surface area contributed by atoms with Gasteiger partial charge in [-0.3, -0.25) is 0 Å². The Labute approximate surface area is 140 Å². The molecule has 5 heteroatoms. The Bertz CT molecular complexity index is 480. The molecule has 1 aromatic rings. The van der Waals surface area contributed by atoms with Crippen LogP contribution in [0, 0.1) is 12.8 Å². The van der Waals surface area contributed by atoms with Gasteiger partial charge in [-0.15, -0.1) is 0 Å². The molecule has 1 heterocycles. The third-order valence-corrected chi connectivity index (χ3v) is 4.40. The highest BCUT2D eigenvalue weighted by Crippen LogP contribution is 2.08. The van der Waals surface area contributed by atoms with Crippen molar-refractivity contribution in [3.8, 4) is 0 Å². The number of piperazine rings is 1. The molecule has 0 radical (unpaired) electrons. The highest BCUT2D eigenvalue weighted by Gasteiger charge is 2.17. The quantitative estimate of drug-likeness (QED) is 0.847. The molecule has 5 nitrogen and oxygen atoms in total. The standard InChI is InChI=1S/C18H30N4O/c1-4-21-9-11-22(12-10-21)14-16(3)13-19-18(23)20-17-7-5-15(2)6-8-17/h5-8,16H,4,9-14H2,1-3H3,(H2,19,20,23). The fraction of sp³-hybridized carbons (Fsp3) is 0.611. The molecule has 0 bridgehead atoms. The van der Waals surface area contributed by atoms with Crippen molar-refractivity contribution in [1.82, 2.24) is 15.1 Å². The summed E-state index contributed by atoms with van der Waals surface area (Å²) in [6.07, 6.45) is 0. The summed E-state index contributed by atoms with van der Waals surface area (Å²) in [6.45, 7) is 13.9. The van der Waals surface area contributed by atoms with Gasteiger partial charge in [-0.25, -0.2) is 4.79 Å². The van der Waals surface area contributed by atoms with Crippen molar-refractivity contribution in [3.05, 3.63) is 29.8 Å². The summed E-state index contributed by atoms with van der Waals surface area (Å²) in [4.78, 5) is 16.9. The van der Waals surface area contributed by atoms with Crippen LogP contribution in [-0.2, 0) is 0 Å². The third-order valence-electron chi connectivity index (χ3n) is 4.40. The van der Waals surface area contributed by atoms with E-state index in [9.17, 15) is 4.79 Å². The molecule has 1 aromatic carbocycles. The number of urea groups is 1. The fourth-order valence-corrected chi connectivity index (χ4v) is 2.87. The number of aryl methyl sites for hydroxylation is 1. The minimum Gasteiger partial charge on any atom is -0.338 e. The Hall–Kier alpha value is -1.59. The first-order valence-electron chi connectivity index (χ1n) is 8.63. The van der Waals surface area contributed by atoms with Crippen LogP contribution >= 0.6 is 0 Å². The van der Waals surface area contributed by atoms with Gasteiger partial charge >= 0.3 is 6.03 Å². The number of hydrogen-bond acceptors (Lipinski definition) is 3. The second-order valence-electron chi connectivity index (χ2n) is 6.54. The molecule has 2 N–H and O–H groups in total. The molecule has 1 aliphatic heterocycles. The Balaban J connectivity index is 1.64. The Kier molecular flexibility index (Phi) is 6.86. The van der Waals surface area contributed by atoms with Gasteiger partial charge in [-0.2, -0.15) is 0 Å². The molecule has 1 aliphatic rings. The van der Waals surface area contributed by atoms with Crippen LogP contribution in [0.3, 0.4) is 0 Å². The lowest BCUT2D eigenvalue weighted by Gasteiger charge is -2.35. The molecule has 128 valence electrons. The number of nitrogens with zero attached hydrogens (tertiary/aromatic N) is 2. The number of likely N-dealkylation sites (N-methyl/N-ethyl adjacent to an activating group) is 1. The van der Waals surface area contributed by atoms with Gasteiger partial charge in [0, 0.05) is 45.0 Å². The lowest BCUT2D eigenvalue weighted by Crippen LogP contribution is -2.48. The summed E-state index contributed by atoms with van der Waals surface area (Å²) in [5, 5.41) is 5.84. The number of rotatable bonds is 6. The molecule has 1 fully saturated rings. The Morgan fingerprint density at radius 1 is 1.13 bits per heavy atom. The van der Waals surface area contributed by atoms with E-state index in [1.54, 1.807) is 0 Å². The van der Waals surface area contributed by atoms with Crippen LogP contribution in [-0.4, -0.2) is 61.6 Å². The highest BCUT2D eigenvalue weighted by atomic mass is 16.2. The van der Waals surface area contributed by atoms with Crippen molar-refractivity contribution in [2.45, 2.75) is 20.8 Å². The summed E-state index contributed by atoms with van der Waals surface area (Å²) in [6, 6.07) is 7.70. The van der Waals surface area contributed by atoms with Gasteiger partial charge in [0.1, 0.15) is 0 Å². The first-order chi connectivity index (χ1) is 11.1. The normalized spacial score (nSPS) is 17.7. The van der Waals surface area contributed by atoms with Gasteiger partial charge in [-0.05, 0) is 31.5 Å². The molecule has 0 aliphatic carbocycles. The average molecular weight is 318 g/mol. The van der Waals surface area contributed by atoms with E-state index in [0.717, 1.165) is 45.0 Å². The summed E-state index contributed by atoms with van der Waals surface area (Å²) in [5.74, 6) is 0.451. The molecule has 0 saturated carbocycles. The van der Waals surface area contributed by atoms with Crippen molar-refractivity contribution in [2.75, 3.05) is 51.1 Å². The van der Waals surface area contributed by atoms with E-state index in [-0.39, 0.29) is 6.03 Å². The maximum atomic E-state index is 11.9. The van der Waals surface area contributed by atoms with Crippen LogP contribution in [0.15, 0.2) is 24.3 Å². The minimum absolute atomic E-state index is 0.128. The zero-order chi connectivity index (χ0) is 16.7. The molecule has 1 atom stereocenters. The Morgan fingerprint density at radius 2 is 1.74 bits per heavy atom. The summed E-state index contributed by atoms with van der Waals surface area (Å²) in [7, 11) is 0. The van der Waals surface area contributed by atoms with Crippen molar-refractivity contribution in [3.63, 3.8) is 0 Å². The van der Waals surface area contributed by atoms with Crippen LogP contribution in [0.5, 0.6) is 0 Å². The summed E-state index contributed by atoms with van der Waals surface area (Å²) in [5.41, 5.74) is 2.02. The fourth-order valence-electron chi connectivity index (χ4n) is 2.87. The molecule has 1 saturated heterocycles. The van der Waals surface area contributed by atoms with Crippen molar-refractivity contribution in [1.29, 1.82) is 0 Å². The minimum atomic E-state index is -0.128. The lowest BCUT2D eigenvalue weighted by molar-refractivity contribution is 0.124. The van der Waals surface area contributed by atoms with Crippen LogP contribution in [0.25, 0.3) is 0 Å². The maximum Gasteiger partial charge on any atom is 0.319 e. The highest BCUT2D eigenvalue weighted by molar-refractivity contribution is 5.89. The van der Waals surface area contributed by atoms with Crippen LogP contribution in [0.2, 0.25) is 0 Å². The predicted octanol–water partition coefficient (Wildman–Crippen LogP) is 2.39. The van der Waals surface area contributed by atoms with Gasteiger partial charge < -0.3 is 20.4 Å². The molecular formula is C18H30N4O. The van der Waals surface area contributed by atoms with E-state index in [4.69, 9.17) is 0 Å². The van der Waals surface area contributed by atoms with Crippen LogP contribution < -0.4 is 10.6 Å². The summed E-state index contributed by atoms with van der Waals surface area (Å²) < 4.78 is 0. The van der Waals surface area contributed by atoms with Crippen molar-refractivity contribution < 1.29 is 4.79 Å². The van der Waals surface area contributed by atoms with Crippen LogP contribution in [0.1, 0.15) is 19.4 Å². The smallest absolute Gasteiger partial charge is 0.319 e. The molecule has 1 unspecified atom stereocenters. The number of nitrogens with one attached hydrogen (secondary N) is 2. The summed E-state index contributed by atoms with van der Waals surface area (Å²) >= 11 is 0. The SMILES string of the molecule is CCN1CCN(CC(C)CNC(=O)Nc2ccc(C)cc2)CC1. The molecule has 0 aromatic heterocycles. The molecule has 0 spiro atoms. The van der Waals surface area contributed by atoms with Gasteiger partial charge in [0.15, 0.2) is 0 Å². The van der Waals surface area contributed by atoms with Crippen molar-refractivity contribution in [2.24, 2.45) is 5.92 Å².